The SMILES string of the molecule is CCCNC/C=C/CCl. The predicted octanol–water partition coefficient (Wildman–Crippen LogP) is 1.78. The van der Waals surface area contributed by atoms with Gasteiger partial charge in [-0.2, -0.15) is 0 Å². The van der Waals surface area contributed by atoms with Crippen LogP contribution in [0.1, 0.15) is 13.3 Å². The average molecular weight is 148 g/mol. The van der Waals surface area contributed by atoms with Gasteiger partial charge in [0.05, 0.1) is 0 Å². The zero-order valence-electron chi connectivity index (χ0n) is 5.86. The molecule has 0 aliphatic rings. The molecule has 0 aromatic heterocycles. The standard InChI is InChI=1S/C7H14ClN/c1-2-6-9-7-4-3-5-8/h3-4,9H,2,5-7H2,1H3/b4-3+. The Kier molecular flexibility index (Phi) is 7.98. The number of hydrogen-bond donors (Lipinski definition) is 1. The van der Waals surface area contributed by atoms with Crippen LogP contribution in [0, 0.1) is 0 Å². The van der Waals surface area contributed by atoms with Crippen LogP contribution in [0.5, 0.6) is 0 Å². The first kappa shape index (κ1) is 8.99. The summed E-state index contributed by atoms with van der Waals surface area (Å²) in [5.41, 5.74) is 0. The van der Waals surface area contributed by atoms with Crippen LogP contribution in [0.3, 0.4) is 0 Å². The Morgan fingerprint density at radius 1 is 1.44 bits per heavy atom. The molecule has 0 aliphatic heterocycles. The highest BCUT2D eigenvalue weighted by molar-refractivity contribution is 6.18. The molecule has 0 rings (SSSR count). The Morgan fingerprint density at radius 3 is 2.78 bits per heavy atom. The lowest BCUT2D eigenvalue weighted by molar-refractivity contribution is 0.729. The van der Waals surface area contributed by atoms with Crippen molar-refractivity contribution >= 4 is 11.6 Å². The summed E-state index contributed by atoms with van der Waals surface area (Å²) < 4.78 is 0. The maximum absolute atomic E-state index is 5.40. The maximum Gasteiger partial charge on any atom is 0.0404 e. The topological polar surface area (TPSA) is 12.0 Å². The molecule has 1 nitrogen and oxygen atoms in total. The van der Waals surface area contributed by atoms with Crippen LogP contribution in [-0.2, 0) is 0 Å². The first-order valence-electron chi connectivity index (χ1n) is 3.33. The summed E-state index contributed by atoms with van der Waals surface area (Å²) in [7, 11) is 0. The van der Waals surface area contributed by atoms with E-state index >= 15 is 0 Å². The Bertz CT molecular complexity index is 71.3. The largest absolute Gasteiger partial charge is 0.313 e. The molecule has 0 aromatic rings. The number of alkyl halides is 1. The minimum absolute atomic E-state index is 0.619. The molecule has 0 unspecified atom stereocenters. The second kappa shape index (κ2) is 7.99. The van der Waals surface area contributed by atoms with Gasteiger partial charge in [0.2, 0.25) is 0 Å². The molecular weight excluding hydrogens is 134 g/mol. The molecule has 0 spiro atoms. The van der Waals surface area contributed by atoms with Crippen LogP contribution in [0.25, 0.3) is 0 Å². The normalized spacial score (nSPS) is 10.9. The van der Waals surface area contributed by atoms with E-state index in [4.69, 9.17) is 11.6 Å². The fourth-order valence-corrected chi connectivity index (χ4v) is 0.634. The third-order valence-corrected chi connectivity index (χ3v) is 1.12. The lowest BCUT2D eigenvalue weighted by Crippen LogP contribution is -2.13. The molecule has 0 saturated heterocycles. The Hall–Kier alpha value is -0.0100. The Balaban J connectivity index is 2.82. The van der Waals surface area contributed by atoms with Crippen LogP contribution >= 0.6 is 11.6 Å². The van der Waals surface area contributed by atoms with Gasteiger partial charge in [-0.25, -0.2) is 0 Å². The van der Waals surface area contributed by atoms with Gasteiger partial charge in [0.25, 0.3) is 0 Å². The summed E-state index contributed by atoms with van der Waals surface area (Å²) in [5, 5.41) is 3.22. The molecule has 9 heavy (non-hydrogen) atoms. The van der Waals surface area contributed by atoms with Gasteiger partial charge in [-0.05, 0) is 13.0 Å². The minimum atomic E-state index is 0.619. The number of allylic oxidation sites excluding steroid dienone is 1. The molecule has 0 amide bonds. The molecule has 0 atom stereocenters. The Morgan fingerprint density at radius 2 is 2.22 bits per heavy atom. The van der Waals surface area contributed by atoms with Gasteiger partial charge in [0.1, 0.15) is 0 Å². The first-order valence-corrected chi connectivity index (χ1v) is 3.87. The van der Waals surface area contributed by atoms with E-state index in [1.54, 1.807) is 0 Å². The molecule has 0 radical (unpaired) electrons. The quantitative estimate of drug-likeness (QED) is 0.355. The summed E-state index contributed by atoms with van der Waals surface area (Å²) in [6, 6.07) is 0. The zero-order chi connectivity index (χ0) is 6.95. The van der Waals surface area contributed by atoms with E-state index in [1.807, 2.05) is 12.2 Å². The highest BCUT2D eigenvalue weighted by atomic mass is 35.5. The molecule has 0 heterocycles. The van der Waals surface area contributed by atoms with Crippen molar-refractivity contribution in [2.24, 2.45) is 0 Å². The minimum Gasteiger partial charge on any atom is -0.313 e. The molecule has 0 aromatic carbocycles. The molecule has 0 bridgehead atoms. The summed E-state index contributed by atoms with van der Waals surface area (Å²) >= 11 is 5.40. The number of hydrogen-bond acceptors (Lipinski definition) is 1. The van der Waals surface area contributed by atoms with Gasteiger partial charge in [-0.15, -0.1) is 11.6 Å². The average Bonchev–Trinajstić information content (AvgIpc) is 1.89. The van der Waals surface area contributed by atoms with Gasteiger partial charge in [-0.1, -0.05) is 19.1 Å². The number of rotatable bonds is 5. The zero-order valence-corrected chi connectivity index (χ0v) is 6.62. The van der Waals surface area contributed by atoms with Crippen molar-refractivity contribution in [3.05, 3.63) is 12.2 Å². The molecule has 1 N–H and O–H groups in total. The van der Waals surface area contributed by atoms with Crippen molar-refractivity contribution in [3.63, 3.8) is 0 Å². The van der Waals surface area contributed by atoms with E-state index in [2.05, 4.69) is 12.2 Å². The van der Waals surface area contributed by atoms with Crippen LogP contribution < -0.4 is 5.32 Å². The smallest absolute Gasteiger partial charge is 0.0404 e. The first-order chi connectivity index (χ1) is 4.41. The van der Waals surface area contributed by atoms with E-state index in [9.17, 15) is 0 Å². The second-order valence-corrected chi connectivity index (χ2v) is 2.14. The molecule has 0 fully saturated rings. The molecule has 54 valence electrons. The van der Waals surface area contributed by atoms with Crippen LogP contribution in [-0.4, -0.2) is 19.0 Å². The predicted molar refractivity (Wildman–Crippen MR) is 43.0 cm³/mol. The lowest BCUT2D eigenvalue weighted by atomic mass is 10.4. The van der Waals surface area contributed by atoms with E-state index in [-0.39, 0.29) is 0 Å². The van der Waals surface area contributed by atoms with Crippen molar-refractivity contribution in [2.45, 2.75) is 13.3 Å². The van der Waals surface area contributed by atoms with E-state index in [1.165, 1.54) is 6.42 Å². The summed E-state index contributed by atoms with van der Waals surface area (Å²) in [6.45, 7) is 4.19. The maximum atomic E-state index is 5.40. The summed E-state index contributed by atoms with van der Waals surface area (Å²) in [6.07, 6.45) is 5.18. The van der Waals surface area contributed by atoms with Gasteiger partial charge in [-0.3, -0.25) is 0 Å². The third kappa shape index (κ3) is 7.99. The van der Waals surface area contributed by atoms with Crippen molar-refractivity contribution in [2.75, 3.05) is 19.0 Å². The molecule has 2 heteroatoms. The van der Waals surface area contributed by atoms with Crippen molar-refractivity contribution in [3.8, 4) is 0 Å². The number of halogens is 1. The van der Waals surface area contributed by atoms with Gasteiger partial charge < -0.3 is 5.32 Å². The van der Waals surface area contributed by atoms with Gasteiger partial charge in [0.15, 0.2) is 0 Å². The monoisotopic (exact) mass is 147 g/mol. The van der Waals surface area contributed by atoms with Crippen molar-refractivity contribution < 1.29 is 0 Å². The van der Waals surface area contributed by atoms with Crippen LogP contribution in [0.2, 0.25) is 0 Å². The van der Waals surface area contributed by atoms with Crippen molar-refractivity contribution in [1.82, 2.24) is 5.32 Å². The second-order valence-electron chi connectivity index (χ2n) is 1.83. The molecular formula is C7H14ClN. The van der Waals surface area contributed by atoms with E-state index < -0.39 is 0 Å². The van der Waals surface area contributed by atoms with E-state index in [0.717, 1.165) is 13.1 Å². The van der Waals surface area contributed by atoms with Gasteiger partial charge >= 0.3 is 0 Å². The highest BCUT2D eigenvalue weighted by Crippen LogP contribution is 1.76. The van der Waals surface area contributed by atoms with Gasteiger partial charge in [0, 0.05) is 12.4 Å². The van der Waals surface area contributed by atoms with Crippen LogP contribution in [0.15, 0.2) is 12.2 Å². The highest BCUT2D eigenvalue weighted by Gasteiger charge is 1.76. The fourth-order valence-electron chi connectivity index (χ4n) is 0.508. The Labute approximate surface area is 62.1 Å². The lowest BCUT2D eigenvalue weighted by Gasteiger charge is -1.94. The summed E-state index contributed by atoms with van der Waals surface area (Å²) in [5.74, 6) is 0.619. The molecule has 0 aliphatic carbocycles. The van der Waals surface area contributed by atoms with Crippen molar-refractivity contribution in [1.29, 1.82) is 0 Å². The van der Waals surface area contributed by atoms with E-state index in [0.29, 0.717) is 5.88 Å². The summed E-state index contributed by atoms with van der Waals surface area (Å²) in [4.78, 5) is 0. The third-order valence-electron chi connectivity index (χ3n) is 0.945. The molecule has 0 saturated carbocycles. The fraction of sp³-hybridized carbons (Fsp3) is 0.714. The number of nitrogens with one attached hydrogen (secondary N) is 1. The van der Waals surface area contributed by atoms with Crippen LogP contribution in [0.4, 0.5) is 0 Å².